The lowest BCUT2D eigenvalue weighted by Gasteiger charge is -2.27. The number of piperidine rings is 1. The Balaban J connectivity index is 1.65. The van der Waals surface area contributed by atoms with Gasteiger partial charge in [0.2, 0.25) is 5.54 Å². The van der Waals surface area contributed by atoms with Crippen LogP contribution in [-0.4, -0.2) is 34.5 Å². The van der Waals surface area contributed by atoms with Crippen LogP contribution >= 0.6 is 0 Å². The number of carbonyl (C=O) groups excluding carboxylic acids is 1. The Morgan fingerprint density at radius 2 is 1.92 bits per heavy atom. The molecule has 0 radical (unpaired) electrons. The van der Waals surface area contributed by atoms with Crippen LogP contribution in [0, 0.1) is 10.1 Å². The summed E-state index contributed by atoms with van der Waals surface area (Å²) in [6.45, 7) is 1.42. The number of ether oxygens (including phenoxy) is 1. The Bertz CT molecular complexity index is 693. The zero-order chi connectivity index (χ0) is 17.7. The Morgan fingerprint density at radius 1 is 1.20 bits per heavy atom. The minimum absolute atomic E-state index is 0.202. The molecule has 0 saturated carbocycles. The highest BCUT2D eigenvalue weighted by atomic mass is 16.6. The van der Waals surface area contributed by atoms with Crippen LogP contribution in [0.1, 0.15) is 31.2 Å². The molecule has 132 valence electrons. The molecular formula is C19H22N2O4. The molecule has 1 amide bonds. The molecule has 6 heteroatoms. The fourth-order valence-corrected chi connectivity index (χ4v) is 3.25. The Labute approximate surface area is 146 Å². The molecule has 25 heavy (non-hydrogen) atoms. The molecule has 0 spiro atoms. The fraction of sp³-hybridized carbons (Fsp3) is 0.421. The van der Waals surface area contributed by atoms with Crippen LogP contribution in [0.25, 0.3) is 0 Å². The molecule has 1 aromatic carbocycles. The maximum Gasteiger partial charge on any atom is 0.415 e. The Morgan fingerprint density at radius 3 is 2.52 bits per heavy atom. The second kappa shape index (κ2) is 7.51. The Hall–Kier alpha value is -2.63. The van der Waals surface area contributed by atoms with Crippen molar-refractivity contribution < 1.29 is 14.5 Å². The van der Waals surface area contributed by atoms with Crippen LogP contribution in [0.4, 0.5) is 4.79 Å². The van der Waals surface area contributed by atoms with E-state index in [1.165, 1.54) is 0 Å². The molecule has 0 bridgehead atoms. The molecule has 1 aromatic rings. The van der Waals surface area contributed by atoms with Gasteiger partial charge in [-0.3, -0.25) is 10.1 Å². The van der Waals surface area contributed by atoms with Gasteiger partial charge in [-0.15, -0.1) is 0 Å². The van der Waals surface area contributed by atoms with Crippen LogP contribution in [0.2, 0.25) is 0 Å². The topological polar surface area (TPSA) is 72.7 Å². The normalized spacial score (nSPS) is 23.0. The van der Waals surface area contributed by atoms with Crippen LogP contribution in [-0.2, 0) is 11.2 Å². The van der Waals surface area contributed by atoms with E-state index in [9.17, 15) is 14.9 Å². The first-order valence-electron chi connectivity index (χ1n) is 8.64. The first kappa shape index (κ1) is 17.2. The number of nitrogens with zero attached hydrogens (tertiary/aromatic N) is 2. The molecular weight excluding hydrogens is 320 g/mol. The van der Waals surface area contributed by atoms with E-state index >= 15 is 0 Å². The van der Waals surface area contributed by atoms with Crippen LogP contribution in [0.5, 0.6) is 0 Å². The fourth-order valence-electron chi connectivity index (χ4n) is 3.25. The van der Waals surface area contributed by atoms with Gasteiger partial charge >= 0.3 is 6.09 Å². The standard InChI is InChI=1S/C19H22N2O4/c22-18(20-13-5-2-6-14-20)25-17-9-11-19(12-10-17,21(23)24)15-16-7-3-1-4-8-16/h1,3-4,7-11H,2,5-6,12-15H2. The van der Waals surface area contributed by atoms with Gasteiger partial charge in [-0.25, -0.2) is 4.79 Å². The summed E-state index contributed by atoms with van der Waals surface area (Å²) in [6, 6.07) is 9.40. The van der Waals surface area contributed by atoms with Gasteiger partial charge in [0.25, 0.3) is 0 Å². The lowest BCUT2D eigenvalue weighted by atomic mass is 9.85. The summed E-state index contributed by atoms with van der Waals surface area (Å²) in [7, 11) is 0. The summed E-state index contributed by atoms with van der Waals surface area (Å²) >= 11 is 0. The van der Waals surface area contributed by atoms with E-state index in [0.29, 0.717) is 25.3 Å². The zero-order valence-corrected chi connectivity index (χ0v) is 14.1. The molecule has 2 aliphatic rings. The monoisotopic (exact) mass is 342 g/mol. The van der Waals surface area contributed by atoms with Crippen molar-refractivity contribution in [2.45, 2.75) is 37.6 Å². The number of likely N-dealkylation sites (tertiary alicyclic amines) is 1. The summed E-state index contributed by atoms with van der Waals surface area (Å²) < 4.78 is 5.39. The number of benzene rings is 1. The van der Waals surface area contributed by atoms with Crippen molar-refractivity contribution >= 4 is 6.09 Å². The summed E-state index contributed by atoms with van der Waals surface area (Å²) in [6.07, 6.45) is 8.01. The van der Waals surface area contributed by atoms with E-state index in [4.69, 9.17) is 4.74 Å². The minimum atomic E-state index is -1.19. The van der Waals surface area contributed by atoms with Gasteiger partial charge in [0.05, 0.1) is 0 Å². The predicted molar refractivity (Wildman–Crippen MR) is 93.6 cm³/mol. The number of amides is 1. The number of nitro groups is 1. The molecule has 6 nitrogen and oxygen atoms in total. The van der Waals surface area contributed by atoms with E-state index in [0.717, 1.165) is 24.8 Å². The minimum Gasteiger partial charge on any atom is -0.411 e. The Kier molecular flexibility index (Phi) is 5.16. The molecule has 3 rings (SSSR count). The molecule has 1 aliphatic heterocycles. The van der Waals surface area contributed by atoms with Crippen molar-refractivity contribution in [3.05, 3.63) is 70.0 Å². The smallest absolute Gasteiger partial charge is 0.411 e. The first-order valence-corrected chi connectivity index (χ1v) is 8.64. The summed E-state index contributed by atoms with van der Waals surface area (Å²) in [5.41, 5.74) is -0.284. The highest BCUT2D eigenvalue weighted by Gasteiger charge is 2.41. The number of hydrogen-bond donors (Lipinski definition) is 0. The second-order valence-electron chi connectivity index (χ2n) is 6.58. The first-order chi connectivity index (χ1) is 12.1. The molecule has 0 N–H and O–H groups in total. The molecule has 1 atom stereocenters. The zero-order valence-electron chi connectivity index (χ0n) is 14.1. The van der Waals surface area contributed by atoms with Gasteiger partial charge in [-0.1, -0.05) is 30.3 Å². The van der Waals surface area contributed by atoms with E-state index in [2.05, 4.69) is 0 Å². The average molecular weight is 342 g/mol. The van der Waals surface area contributed by atoms with Gasteiger partial charge in [-0.05, 0) is 43.1 Å². The number of hydrogen-bond acceptors (Lipinski definition) is 4. The molecule has 1 aliphatic carbocycles. The highest BCUT2D eigenvalue weighted by Crippen LogP contribution is 2.29. The van der Waals surface area contributed by atoms with Crippen molar-refractivity contribution in [3.8, 4) is 0 Å². The average Bonchev–Trinajstić information content (AvgIpc) is 2.65. The number of carbonyl (C=O) groups is 1. The van der Waals surface area contributed by atoms with Crippen molar-refractivity contribution in [3.63, 3.8) is 0 Å². The quantitative estimate of drug-likeness (QED) is 0.617. The van der Waals surface area contributed by atoms with E-state index < -0.39 is 5.54 Å². The number of allylic oxidation sites excluding steroid dienone is 1. The largest absolute Gasteiger partial charge is 0.415 e. The highest BCUT2D eigenvalue weighted by molar-refractivity contribution is 5.69. The summed E-state index contributed by atoms with van der Waals surface area (Å²) in [5.74, 6) is 0.390. The number of rotatable bonds is 4. The molecule has 0 aromatic heterocycles. The third kappa shape index (κ3) is 4.07. The summed E-state index contributed by atoms with van der Waals surface area (Å²) in [5, 5.41) is 11.7. The van der Waals surface area contributed by atoms with Gasteiger partial charge < -0.3 is 9.64 Å². The van der Waals surface area contributed by atoms with Gasteiger partial charge in [0.1, 0.15) is 5.76 Å². The van der Waals surface area contributed by atoms with Crippen LogP contribution < -0.4 is 0 Å². The van der Waals surface area contributed by atoms with Crippen LogP contribution in [0.3, 0.4) is 0 Å². The van der Waals surface area contributed by atoms with E-state index in [1.807, 2.05) is 30.3 Å². The molecule has 1 saturated heterocycles. The molecule has 1 unspecified atom stereocenters. The lowest BCUT2D eigenvalue weighted by Crippen LogP contribution is -2.40. The van der Waals surface area contributed by atoms with Crippen molar-refractivity contribution in [2.75, 3.05) is 13.1 Å². The third-order valence-corrected chi connectivity index (χ3v) is 4.75. The van der Waals surface area contributed by atoms with Crippen molar-refractivity contribution in [1.29, 1.82) is 0 Å². The summed E-state index contributed by atoms with van der Waals surface area (Å²) in [4.78, 5) is 25.3. The maximum atomic E-state index is 12.1. The SMILES string of the molecule is O=C(OC1=CCC(Cc2ccccc2)([N+](=O)[O-])C=C1)N1CCCCC1. The molecule has 1 fully saturated rings. The van der Waals surface area contributed by atoms with Gasteiger partial charge in [0.15, 0.2) is 0 Å². The lowest BCUT2D eigenvalue weighted by molar-refractivity contribution is -0.554. The second-order valence-corrected chi connectivity index (χ2v) is 6.58. The van der Waals surface area contributed by atoms with Crippen LogP contribution in [0.15, 0.2) is 54.3 Å². The van der Waals surface area contributed by atoms with E-state index in [1.54, 1.807) is 23.1 Å². The van der Waals surface area contributed by atoms with Crippen molar-refractivity contribution in [1.82, 2.24) is 4.90 Å². The predicted octanol–water partition coefficient (Wildman–Crippen LogP) is 3.71. The third-order valence-electron chi connectivity index (χ3n) is 4.75. The van der Waals surface area contributed by atoms with E-state index in [-0.39, 0.29) is 17.4 Å². The van der Waals surface area contributed by atoms with Gasteiger partial charge in [0, 0.05) is 30.9 Å². The molecule has 1 heterocycles. The van der Waals surface area contributed by atoms with Gasteiger partial charge in [-0.2, -0.15) is 0 Å². The van der Waals surface area contributed by atoms with Crippen molar-refractivity contribution in [2.24, 2.45) is 0 Å². The maximum absolute atomic E-state index is 12.1.